The van der Waals surface area contributed by atoms with Gasteiger partial charge in [-0.25, -0.2) is 4.98 Å². The maximum absolute atomic E-state index is 13.3. The summed E-state index contributed by atoms with van der Waals surface area (Å²) in [7, 11) is 0. The molecule has 0 aliphatic rings. The Morgan fingerprint density at radius 2 is 1.80 bits per heavy atom. The van der Waals surface area contributed by atoms with Crippen LogP contribution in [-0.2, 0) is 0 Å². The Balaban J connectivity index is 1.62. The van der Waals surface area contributed by atoms with Crippen LogP contribution in [0.15, 0.2) is 71.4 Å². The van der Waals surface area contributed by atoms with Crippen LogP contribution < -0.4 is 5.32 Å². The molecule has 146 valence electrons. The van der Waals surface area contributed by atoms with Gasteiger partial charge in [0, 0.05) is 17.1 Å². The van der Waals surface area contributed by atoms with E-state index in [-0.39, 0.29) is 5.91 Å². The molecule has 0 aliphatic heterocycles. The number of para-hydroxylation sites is 1. The summed E-state index contributed by atoms with van der Waals surface area (Å²) in [6, 6.07) is 19.3. The highest BCUT2D eigenvalue weighted by atomic mass is 16.5. The molecule has 30 heavy (non-hydrogen) atoms. The number of nitrogens with zero attached hydrogens (tertiary/aromatic N) is 3. The fourth-order valence-electron chi connectivity index (χ4n) is 3.54. The van der Waals surface area contributed by atoms with Crippen molar-refractivity contribution in [2.24, 2.45) is 0 Å². The molecule has 0 bridgehead atoms. The van der Waals surface area contributed by atoms with Gasteiger partial charge in [0.25, 0.3) is 11.6 Å². The summed E-state index contributed by atoms with van der Waals surface area (Å²) in [5.41, 5.74) is 5.51. The SMILES string of the molecule is Cc1ccc(-c2cc(C(=O)Nc3cccc4cccnc34)c3c(C)noc3n2)cc1. The van der Waals surface area contributed by atoms with Crippen LogP contribution in [-0.4, -0.2) is 21.0 Å². The number of hydrogen-bond donors (Lipinski definition) is 1. The first-order valence-electron chi connectivity index (χ1n) is 9.59. The van der Waals surface area contributed by atoms with E-state index in [4.69, 9.17) is 4.52 Å². The Kier molecular flexibility index (Phi) is 4.25. The van der Waals surface area contributed by atoms with Gasteiger partial charge in [-0.15, -0.1) is 0 Å². The number of carbonyl (C=O) groups excluding carboxylic acids is 1. The second kappa shape index (κ2) is 7.08. The molecule has 0 unspecified atom stereocenters. The quantitative estimate of drug-likeness (QED) is 0.449. The third-order valence-electron chi connectivity index (χ3n) is 5.09. The Hall–Kier alpha value is -4.06. The lowest BCUT2D eigenvalue weighted by Crippen LogP contribution is -2.13. The van der Waals surface area contributed by atoms with Crippen LogP contribution >= 0.6 is 0 Å². The number of hydrogen-bond acceptors (Lipinski definition) is 5. The summed E-state index contributed by atoms with van der Waals surface area (Å²) in [5, 5.41) is 8.58. The highest BCUT2D eigenvalue weighted by molar-refractivity contribution is 6.15. The van der Waals surface area contributed by atoms with E-state index in [1.165, 1.54) is 0 Å². The van der Waals surface area contributed by atoms with Gasteiger partial charge in [0.15, 0.2) is 0 Å². The summed E-state index contributed by atoms with van der Waals surface area (Å²) in [6.45, 7) is 3.83. The van der Waals surface area contributed by atoms with Crippen LogP contribution in [0.3, 0.4) is 0 Å². The summed E-state index contributed by atoms with van der Waals surface area (Å²) < 4.78 is 5.39. The van der Waals surface area contributed by atoms with Gasteiger partial charge >= 0.3 is 0 Å². The zero-order valence-electron chi connectivity index (χ0n) is 16.5. The zero-order chi connectivity index (χ0) is 20.7. The van der Waals surface area contributed by atoms with E-state index in [9.17, 15) is 4.79 Å². The third kappa shape index (κ3) is 3.08. The molecule has 1 N–H and O–H groups in total. The van der Waals surface area contributed by atoms with Crippen LogP contribution in [0.25, 0.3) is 33.3 Å². The highest BCUT2D eigenvalue weighted by Gasteiger charge is 2.20. The van der Waals surface area contributed by atoms with Crippen LogP contribution in [0.2, 0.25) is 0 Å². The molecule has 0 radical (unpaired) electrons. The fraction of sp³-hybridized carbons (Fsp3) is 0.0833. The first kappa shape index (κ1) is 18.0. The molecule has 0 fully saturated rings. The first-order chi connectivity index (χ1) is 14.6. The van der Waals surface area contributed by atoms with Crippen molar-refractivity contribution in [2.45, 2.75) is 13.8 Å². The number of fused-ring (bicyclic) bond motifs is 2. The molecule has 0 aliphatic carbocycles. The van der Waals surface area contributed by atoms with E-state index in [0.717, 1.165) is 22.0 Å². The Morgan fingerprint density at radius 1 is 1.00 bits per heavy atom. The fourth-order valence-corrected chi connectivity index (χ4v) is 3.54. The second-order valence-electron chi connectivity index (χ2n) is 7.20. The molecule has 5 aromatic rings. The Labute approximate surface area is 172 Å². The van der Waals surface area contributed by atoms with E-state index in [1.54, 1.807) is 19.2 Å². The number of carbonyl (C=O) groups is 1. The lowest BCUT2D eigenvalue weighted by atomic mass is 10.0. The van der Waals surface area contributed by atoms with Crippen molar-refractivity contribution in [1.29, 1.82) is 0 Å². The average Bonchev–Trinajstić information content (AvgIpc) is 3.14. The number of aryl methyl sites for hydroxylation is 2. The largest absolute Gasteiger partial charge is 0.335 e. The Bertz CT molecular complexity index is 1400. The summed E-state index contributed by atoms with van der Waals surface area (Å²) >= 11 is 0. The van der Waals surface area contributed by atoms with Crippen LogP contribution in [0, 0.1) is 13.8 Å². The van der Waals surface area contributed by atoms with E-state index >= 15 is 0 Å². The van der Waals surface area contributed by atoms with Crippen molar-refractivity contribution in [3.05, 3.63) is 83.7 Å². The molecule has 6 nitrogen and oxygen atoms in total. The van der Waals surface area contributed by atoms with Crippen molar-refractivity contribution in [2.75, 3.05) is 5.32 Å². The molecule has 0 saturated carbocycles. The molecule has 5 rings (SSSR count). The van der Waals surface area contributed by atoms with Crippen LogP contribution in [0.4, 0.5) is 5.69 Å². The third-order valence-corrected chi connectivity index (χ3v) is 5.09. The van der Waals surface area contributed by atoms with Gasteiger partial charge in [-0.1, -0.05) is 53.2 Å². The Morgan fingerprint density at radius 3 is 2.63 bits per heavy atom. The van der Waals surface area contributed by atoms with Gasteiger partial charge in [0.05, 0.1) is 33.5 Å². The number of nitrogens with one attached hydrogen (secondary N) is 1. The van der Waals surface area contributed by atoms with E-state index in [1.807, 2.05) is 61.5 Å². The van der Waals surface area contributed by atoms with Crippen molar-refractivity contribution in [3.63, 3.8) is 0 Å². The minimum atomic E-state index is -0.264. The van der Waals surface area contributed by atoms with Gasteiger partial charge in [0.2, 0.25) is 0 Å². The van der Waals surface area contributed by atoms with Gasteiger partial charge in [-0.3, -0.25) is 9.78 Å². The molecule has 3 aromatic heterocycles. The second-order valence-corrected chi connectivity index (χ2v) is 7.20. The molecule has 3 heterocycles. The molecular weight excluding hydrogens is 376 g/mol. The van der Waals surface area contributed by atoms with Gasteiger partial charge in [-0.05, 0) is 32.0 Å². The molecule has 0 saturated heterocycles. The maximum Gasteiger partial charge on any atom is 0.259 e. The number of benzene rings is 2. The lowest BCUT2D eigenvalue weighted by Gasteiger charge is -2.10. The molecule has 6 heteroatoms. The predicted octanol–water partition coefficient (Wildman–Crippen LogP) is 5.31. The van der Waals surface area contributed by atoms with Gasteiger partial charge in [0.1, 0.15) is 0 Å². The number of amides is 1. The molecule has 2 aromatic carbocycles. The zero-order valence-corrected chi connectivity index (χ0v) is 16.5. The van der Waals surface area contributed by atoms with E-state index in [0.29, 0.717) is 33.7 Å². The highest BCUT2D eigenvalue weighted by Crippen LogP contribution is 2.29. The molecule has 0 spiro atoms. The molecule has 1 amide bonds. The van der Waals surface area contributed by atoms with Crippen LogP contribution in [0.1, 0.15) is 21.6 Å². The number of anilines is 1. The average molecular weight is 394 g/mol. The first-order valence-corrected chi connectivity index (χ1v) is 9.59. The monoisotopic (exact) mass is 394 g/mol. The summed E-state index contributed by atoms with van der Waals surface area (Å²) in [6.07, 6.45) is 1.71. The topological polar surface area (TPSA) is 80.9 Å². The van der Waals surface area contributed by atoms with Gasteiger partial charge < -0.3 is 9.84 Å². The molecule has 0 atom stereocenters. The maximum atomic E-state index is 13.3. The molecular formula is C24H18N4O2. The minimum Gasteiger partial charge on any atom is -0.335 e. The lowest BCUT2D eigenvalue weighted by molar-refractivity contribution is 0.102. The van der Waals surface area contributed by atoms with E-state index in [2.05, 4.69) is 20.4 Å². The summed E-state index contributed by atoms with van der Waals surface area (Å²) in [4.78, 5) is 22.3. The number of pyridine rings is 2. The van der Waals surface area contributed by atoms with E-state index < -0.39 is 0 Å². The van der Waals surface area contributed by atoms with Crippen LogP contribution in [0.5, 0.6) is 0 Å². The smallest absolute Gasteiger partial charge is 0.259 e. The van der Waals surface area contributed by atoms with Crippen molar-refractivity contribution in [3.8, 4) is 11.3 Å². The number of rotatable bonds is 3. The standard InChI is InChI=1S/C24H18N4O2/c1-14-8-10-16(11-9-14)20-13-18(21-15(2)28-30-24(21)27-20)23(29)26-19-7-3-5-17-6-4-12-25-22(17)19/h3-13H,1-2H3,(H,26,29). The predicted molar refractivity (Wildman–Crippen MR) is 116 cm³/mol. The van der Waals surface area contributed by atoms with Crippen molar-refractivity contribution in [1.82, 2.24) is 15.1 Å². The van der Waals surface area contributed by atoms with Crippen molar-refractivity contribution >= 4 is 33.6 Å². The number of aromatic nitrogens is 3. The van der Waals surface area contributed by atoms with Crippen molar-refractivity contribution < 1.29 is 9.32 Å². The minimum absolute atomic E-state index is 0.264. The normalized spacial score (nSPS) is 11.1. The van der Waals surface area contributed by atoms with Gasteiger partial charge in [-0.2, -0.15) is 0 Å². The summed E-state index contributed by atoms with van der Waals surface area (Å²) in [5.74, 6) is -0.264.